The molecule has 11 heteroatoms. The minimum absolute atomic E-state index is 0.153. The molecule has 0 aliphatic rings. The highest BCUT2D eigenvalue weighted by molar-refractivity contribution is 7.09. The zero-order chi connectivity index (χ0) is 22.8. The molecule has 3 aromatic rings. The lowest BCUT2D eigenvalue weighted by Crippen LogP contribution is -2.51. The fraction of sp³-hybridized carbons (Fsp3) is 0.150. The Labute approximate surface area is 176 Å². The Bertz CT molecular complexity index is 1210. The fourth-order valence-electron chi connectivity index (χ4n) is 2.50. The van der Waals surface area contributed by atoms with E-state index < -0.39 is 29.5 Å². The van der Waals surface area contributed by atoms with Gasteiger partial charge in [-0.3, -0.25) is 0 Å². The molecule has 2 aromatic heterocycles. The molecule has 0 amide bonds. The van der Waals surface area contributed by atoms with Gasteiger partial charge in [0.25, 0.3) is 5.69 Å². The van der Waals surface area contributed by atoms with Gasteiger partial charge in [0.15, 0.2) is 11.6 Å². The van der Waals surface area contributed by atoms with E-state index in [1.165, 1.54) is 23.5 Å². The van der Waals surface area contributed by atoms with Crippen LogP contribution in [0.2, 0.25) is 0 Å². The van der Waals surface area contributed by atoms with E-state index in [1.54, 1.807) is 12.3 Å². The number of halogens is 5. The predicted molar refractivity (Wildman–Crippen MR) is 99.0 cm³/mol. The van der Waals surface area contributed by atoms with Crippen molar-refractivity contribution >= 4 is 17.3 Å². The molecule has 160 valence electrons. The quantitative estimate of drug-likeness (QED) is 0.344. The number of benzene rings is 1. The lowest BCUT2D eigenvalue weighted by molar-refractivity contribution is -0.862. The topological polar surface area (TPSA) is 52.3 Å². The van der Waals surface area contributed by atoms with E-state index in [0.717, 1.165) is 24.4 Å². The number of thiazole rings is 1. The maximum absolute atomic E-state index is 14.1. The van der Waals surface area contributed by atoms with Gasteiger partial charge in [0.2, 0.25) is 6.20 Å². The van der Waals surface area contributed by atoms with E-state index in [0.29, 0.717) is 16.5 Å². The van der Waals surface area contributed by atoms with Crippen LogP contribution in [0, 0.1) is 30.4 Å². The van der Waals surface area contributed by atoms with Crippen molar-refractivity contribution in [2.45, 2.75) is 13.1 Å². The molecule has 0 spiro atoms. The largest absolute Gasteiger partial charge is 0.498 e. The Morgan fingerprint density at radius 1 is 1.19 bits per heavy atom. The third kappa shape index (κ3) is 5.16. The fourth-order valence-corrected chi connectivity index (χ4v) is 3.04. The molecule has 0 unspecified atom stereocenters. The van der Waals surface area contributed by atoms with Crippen LogP contribution in [0.25, 0.3) is 11.3 Å². The molecule has 0 aliphatic heterocycles. The van der Waals surface area contributed by atoms with Crippen LogP contribution in [-0.4, -0.2) is 24.2 Å². The summed E-state index contributed by atoms with van der Waals surface area (Å²) in [7, 11) is 1.10. The van der Waals surface area contributed by atoms with Crippen LogP contribution in [0.5, 0.6) is 5.75 Å². The van der Waals surface area contributed by atoms with Gasteiger partial charge in [0.05, 0.1) is 23.2 Å². The van der Waals surface area contributed by atoms with Crippen LogP contribution in [-0.2, 0) is 4.79 Å². The molecule has 0 saturated heterocycles. The lowest BCUT2D eigenvalue weighted by atomic mass is 10.1. The summed E-state index contributed by atoms with van der Waals surface area (Å²) in [4.78, 5) is 20.0. The van der Waals surface area contributed by atoms with Crippen molar-refractivity contribution in [2.75, 3.05) is 7.11 Å². The molecule has 0 radical (unpaired) electrons. The van der Waals surface area contributed by atoms with Gasteiger partial charge in [0.1, 0.15) is 11.5 Å². The SMILES string of the molecule is COc1c(F)cc(F)cc1-c1ccc(C#Cc2csc(C)n2)c[n+]1OC(=O)C(F)(F)F. The molecule has 2 heterocycles. The van der Waals surface area contributed by atoms with Crippen molar-refractivity contribution in [2.24, 2.45) is 0 Å². The van der Waals surface area contributed by atoms with Crippen molar-refractivity contribution in [1.82, 2.24) is 4.98 Å². The number of aryl methyl sites for hydroxylation is 1. The number of rotatable bonds is 3. The first-order valence-corrected chi connectivity index (χ1v) is 9.29. The van der Waals surface area contributed by atoms with E-state index >= 15 is 0 Å². The summed E-state index contributed by atoms with van der Waals surface area (Å²) in [6.07, 6.45) is -4.32. The van der Waals surface area contributed by atoms with Crippen LogP contribution in [0.15, 0.2) is 35.8 Å². The average Bonchev–Trinajstić information content (AvgIpc) is 3.10. The van der Waals surface area contributed by atoms with Gasteiger partial charge >= 0.3 is 12.1 Å². The van der Waals surface area contributed by atoms with E-state index in [1.807, 2.05) is 0 Å². The van der Waals surface area contributed by atoms with E-state index in [2.05, 4.69) is 21.7 Å². The molecule has 0 aliphatic carbocycles. The molecule has 31 heavy (non-hydrogen) atoms. The number of carbonyl (C=O) groups is 1. The molecule has 0 saturated carbocycles. The van der Waals surface area contributed by atoms with Gasteiger partial charge in [-0.1, -0.05) is 5.92 Å². The number of ether oxygens (including phenoxy) is 1. The average molecular weight is 455 g/mol. The molecule has 1 aromatic carbocycles. The van der Waals surface area contributed by atoms with E-state index in [4.69, 9.17) is 4.74 Å². The standard InChI is InChI=1S/C20H12F5N2O3S/c1-11-26-14(10-31-11)5-3-12-4-6-17(27(9-12)30-19(28)20(23,24)25)15-7-13(21)8-16(22)18(15)29-2/h4,6-10H,1-2H3/q+1. The van der Waals surface area contributed by atoms with Crippen molar-refractivity contribution in [1.29, 1.82) is 0 Å². The molecule has 3 rings (SSSR count). The minimum atomic E-state index is -5.30. The molecule has 0 fully saturated rings. The van der Waals surface area contributed by atoms with Crippen molar-refractivity contribution < 1.29 is 41.1 Å². The molecular formula is C20H12F5N2O3S+. The second kappa shape index (κ2) is 8.69. The zero-order valence-corrected chi connectivity index (χ0v) is 16.7. The number of hydrogen-bond acceptors (Lipinski definition) is 5. The van der Waals surface area contributed by atoms with Gasteiger partial charge in [-0.2, -0.15) is 18.0 Å². The van der Waals surface area contributed by atoms with Crippen molar-refractivity contribution in [3.63, 3.8) is 0 Å². The van der Waals surface area contributed by atoms with Crippen LogP contribution < -0.4 is 14.3 Å². The normalized spacial score (nSPS) is 10.9. The Morgan fingerprint density at radius 2 is 1.94 bits per heavy atom. The second-order valence-electron chi connectivity index (χ2n) is 5.98. The molecular weight excluding hydrogens is 443 g/mol. The van der Waals surface area contributed by atoms with Crippen LogP contribution >= 0.6 is 11.3 Å². The summed E-state index contributed by atoms with van der Waals surface area (Å²) in [6.45, 7) is 1.78. The third-order valence-corrected chi connectivity index (χ3v) is 4.54. The van der Waals surface area contributed by atoms with Gasteiger partial charge < -0.3 is 4.74 Å². The highest BCUT2D eigenvalue weighted by atomic mass is 32.1. The highest BCUT2D eigenvalue weighted by Crippen LogP contribution is 2.31. The lowest BCUT2D eigenvalue weighted by Gasteiger charge is -2.09. The van der Waals surface area contributed by atoms with Crippen molar-refractivity contribution in [3.05, 3.63) is 63.7 Å². The minimum Gasteiger partial charge on any atom is -0.493 e. The summed E-state index contributed by atoms with van der Waals surface area (Å²) in [5.41, 5.74) is 0.0482. The van der Waals surface area contributed by atoms with Crippen LogP contribution in [0.4, 0.5) is 22.0 Å². The number of aromatic nitrogens is 2. The summed E-state index contributed by atoms with van der Waals surface area (Å²) >= 11 is 1.36. The highest BCUT2D eigenvalue weighted by Gasteiger charge is 2.45. The third-order valence-electron chi connectivity index (χ3n) is 3.77. The number of methoxy groups -OCH3 is 1. The van der Waals surface area contributed by atoms with Crippen molar-refractivity contribution in [3.8, 4) is 28.8 Å². The Balaban J connectivity index is 2.13. The second-order valence-corrected chi connectivity index (χ2v) is 7.04. The number of hydrogen-bond donors (Lipinski definition) is 0. The maximum atomic E-state index is 14.1. The summed E-state index contributed by atoms with van der Waals surface area (Å²) < 4.78 is 71.4. The van der Waals surface area contributed by atoms with Gasteiger partial charge in [0, 0.05) is 22.2 Å². The Hall–Kier alpha value is -3.52. The van der Waals surface area contributed by atoms with Crippen LogP contribution in [0.1, 0.15) is 16.3 Å². The number of nitrogens with zero attached hydrogens (tertiary/aromatic N) is 2. The first-order chi connectivity index (χ1) is 14.6. The summed E-state index contributed by atoms with van der Waals surface area (Å²) in [6, 6.07) is 3.95. The monoisotopic (exact) mass is 455 g/mol. The predicted octanol–water partition coefficient (Wildman–Crippen LogP) is 3.61. The summed E-state index contributed by atoms with van der Waals surface area (Å²) in [5.74, 6) is 0.319. The van der Waals surface area contributed by atoms with Gasteiger partial charge in [-0.25, -0.2) is 18.6 Å². The van der Waals surface area contributed by atoms with Gasteiger partial charge in [-0.15, -0.1) is 11.3 Å². The number of carbonyl (C=O) groups excluding carboxylic acids is 1. The summed E-state index contributed by atoms with van der Waals surface area (Å²) in [5, 5.41) is 2.46. The van der Waals surface area contributed by atoms with Gasteiger partial charge in [-0.05, 0) is 25.0 Å². The molecule has 0 N–H and O–H groups in total. The Morgan fingerprint density at radius 3 is 2.55 bits per heavy atom. The molecule has 0 atom stereocenters. The Kier molecular flexibility index (Phi) is 6.21. The van der Waals surface area contributed by atoms with E-state index in [9.17, 15) is 26.7 Å². The molecule has 0 bridgehead atoms. The smallest absolute Gasteiger partial charge is 0.493 e. The zero-order valence-electron chi connectivity index (χ0n) is 15.9. The maximum Gasteiger partial charge on any atom is 0.498 e. The number of pyridine rings is 1. The number of alkyl halides is 3. The van der Waals surface area contributed by atoms with Crippen LogP contribution in [0.3, 0.4) is 0 Å². The first-order valence-electron chi connectivity index (χ1n) is 8.41. The first kappa shape index (κ1) is 22.2. The van der Waals surface area contributed by atoms with E-state index in [-0.39, 0.29) is 16.8 Å². The molecule has 5 nitrogen and oxygen atoms in total.